The molecule has 0 bridgehead atoms. The maximum absolute atomic E-state index is 12.3. The lowest BCUT2D eigenvalue weighted by atomic mass is 9.81. The van der Waals surface area contributed by atoms with Crippen molar-refractivity contribution in [3.8, 4) is 0 Å². The highest BCUT2D eigenvalue weighted by atomic mass is 17.1. The Morgan fingerprint density at radius 1 is 1.38 bits per heavy atom. The number of hydrogen-bond acceptors (Lipinski definition) is 7. The van der Waals surface area contributed by atoms with Crippen molar-refractivity contribution in [1.82, 2.24) is 0 Å². The molecule has 7 atom stereocenters. The molecule has 162 valence electrons. The van der Waals surface area contributed by atoms with Crippen LogP contribution in [-0.2, 0) is 28.7 Å². The van der Waals surface area contributed by atoms with E-state index in [2.05, 4.69) is 6.58 Å². The van der Waals surface area contributed by atoms with Gasteiger partial charge in [-0.15, -0.1) is 0 Å². The van der Waals surface area contributed by atoms with Gasteiger partial charge in [0, 0.05) is 18.4 Å². The first-order valence-corrected chi connectivity index (χ1v) is 10.3. The van der Waals surface area contributed by atoms with E-state index in [-0.39, 0.29) is 23.5 Å². The number of carbonyl (C=O) groups excluding carboxylic acids is 2. The highest BCUT2D eigenvalue weighted by Crippen LogP contribution is 2.47. The summed E-state index contributed by atoms with van der Waals surface area (Å²) in [7, 11) is 0. The first-order chi connectivity index (χ1) is 13.6. The van der Waals surface area contributed by atoms with Crippen molar-refractivity contribution >= 4 is 11.9 Å². The van der Waals surface area contributed by atoms with Gasteiger partial charge in [0.25, 0.3) is 0 Å². The summed E-state index contributed by atoms with van der Waals surface area (Å²) in [5.41, 5.74) is -0.727. The lowest BCUT2D eigenvalue weighted by Gasteiger charge is -2.31. The Kier molecular flexibility index (Phi) is 6.22. The van der Waals surface area contributed by atoms with Gasteiger partial charge < -0.3 is 14.2 Å². The Hall–Kier alpha value is -1.70. The SMILES string of the molecule is C=C1C(=O)OC2C1CC1OC1(C)CC=CC(C)(OO)CCCC(C)C2OC(C)=O. The molecule has 0 spiro atoms. The van der Waals surface area contributed by atoms with E-state index in [9.17, 15) is 14.8 Å². The zero-order chi connectivity index (χ0) is 21.4. The maximum atomic E-state index is 12.3. The molecule has 0 aromatic rings. The molecule has 3 rings (SSSR count). The van der Waals surface area contributed by atoms with Crippen LogP contribution in [0.2, 0.25) is 0 Å². The largest absolute Gasteiger partial charge is 0.458 e. The maximum Gasteiger partial charge on any atom is 0.334 e. The summed E-state index contributed by atoms with van der Waals surface area (Å²) in [6.45, 7) is 11.1. The van der Waals surface area contributed by atoms with Crippen LogP contribution >= 0.6 is 0 Å². The number of esters is 2. The van der Waals surface area contributed by atoms with Crippen LogP contribution in [0.3, 0.4) is 0 Å². The van der Waals surface area contributed by atoms with Gasteiger partial charge in [-0.2, -0.15) is 0 Å². The number of hydrogen-bond donors (Lipinski definition) is 1. The van der Waals surface area contributed by atoms with Crippen molar-refractivity contribution in [2.45, 2.75) is 89.3 Å². The number of epoxide rings is 1. The number of rotatable bonds is 2. The Balaban J connectivity index is 1.89. The van der Waals surface area contributed by atoms with Gasteiger partial charge in [-0.25, -0.2) is 9.68 Å². The highest BCUT2D eigenvalue weighted by molar-refractivity contribution is 5.91. The number of ether oxygens (including phenoxy) is 3. The monoisotopic (exact) mass is 408 g/mol. The molecule has 7 heteroatoms. The molecule has 1 aliphatic carbocycles. The van der Waals surface area contributed by atoms with Gasteiger partial charge >= 0.3 is 11.9 Å². The van der Waals surface area contributed by atoms with Crippen molar-refractivity contribution in [3.05, 3.63) is 24.3 Å². The minimum absolute atomic E-state index is 0.0496. The fraction of sp³-hybridized carbons (Fsp3) is 0.727. The van der Waals surface area contributed by atoms with Gasteiger partial charge in [0.2, 0.25) is 0 Å². The second-order valence-corrected chi connectivity index (χ2v) is 9.11. The Labute approximate surface area is 172 Å². The molecule has 0 aromatic carbocycles. The molecule has 2 heterocycles. The third kappa shape index (κ3) is 4.73. The van der Waals surface area contributed by atoms with E-state index in [1.165, 1.54) is 6.92 Å². The predicted molar refractivity (Wildman–Crippen MR) is 105 cm³/mol. The van der Waals surface area contributed by atoms with Crippen molar-refractivity contribution < 1.29 is 33.9 Å². The molecule has 0 aromatic heterocycles. The zero-order valence-electron chi connectivity index (χ0n) is 17.7. The third-order valence-electron chi connectivity index (χ3n) is 6.57. The summed E-state index contributed by atoms with van der Waals surface area (Å²) in [5.74, 6) is -1.14. The van der Waals surface area contributed by atoms with Crippen LogP contribution in [0.1, 0.15) is 59.8 Å². The third-order valence-corrected chi connectivity index (χ3v) is 6.57. The first kappa shape index (κ1) is 22.0. The fourth-order valence-electron chi connectivity index (χ4n) is 4.54. The van der Waals surface area contributed by atoms with Crippen molar-refractivity contribution in [2.75, 3.05) is 0 Å². The number of fused-ring (bicyclic) bond motifs is 2. The Morgan fingerprint density at radius 3 is 2.76 bits per heavy atom. The summed E-state index contributed by atoms with van der Waals surface area (Å²) in [6.07, 6.45) is 5.97. The molecule has 3 aliphatic rings. The molecule has 1 N–H and O–H groups in total. The van der Waals surface area contributed by atoms with E-state index >= 15 is 0 Å². The average Bonchev–Trinajstić information content (AvgIpc) is 3.21. The van der Waals surface area contributed by atoms with Crippen LogP contribution in [0.4, 0.5) is 0 Å². The molecular weight excluding hydrogens is 376 g/mol. The molecule has 2 saturated heterocycles. The summed E-state index contributed by atoms with van der Waals surface area (Å²) in [4.78, 5) is 28.8. The average molecular weight is 408 g/mol. The fourth-order valence-corrected chi connectivity index (χ4v) is 4.54. The van der Waals surface area contributed by atoms with E-state index in [0.29, 0.717) is 24.8 Å². The van der Waals surface area contributed by atoms with Crippen LogP contribution in [0.25, 0.3) is 0 Å². The molecule has 2 fully saturated rings. The quantitative estimate of drug-likeness (QED) is 0.186. The van der Waals surface area contributed by atoms with Gasteiger partial charge in [0.15, 0.2) is 0 Å². The lowest BCUT2D eigenvalue weighted by Crippen LogP contribution is -2.41. The zero-order valence-corrected chi connectivity index (χ0v) is 17.7. The van der Waals surface area contributed by atoms with Crippen LogP contribution in [0.15, 0.2) is 24.3 Å². The molecule has 2 aliphatic heterocycles. The van der Waals surface area contributed by atoms with Crippen LogP contribution in [0.5, 0.6) is 0 Å². The van der Waals surface area contributed by atoms with Crippen molar-refractivity contribution in [3.63, 3.8) is 0 Å². The van der Waals surface area contributed by atoms with E-state index < -0.39 is 29.7 Å². The van der Waals surface area contributed by atoms with E-state index in [1.807, 2.05) is 32.9 Å². The van der Waals surface area contributed by atoms with E-state index in [0.717, 1.165) is 12.8 Å². The van der Waals surface area contributed by atoms with Crippen molar-refractivity contribution in [2.24, 2.45) is 11.8 Å². The highest BCUT2D eigenvalue weighted by Gasteiger charge is 2.56. The van der Waals surface area contributed by atoms with Crippen LogP contribution < -0.4 is 0 Å². The molecule has 0 saturated carbocycles. The van der Waals surface area contributed by atoms with Gasteiger partial charge in [-0.1, -0.05) is 25.7 Å². The molecule has 29 heavy (non-hydrogen) atoms. The van der Waals surface area contributed by atoms with Gasteiger partial charge in [-0.3, -0.25) is 10.1 Å². The van der Waals surface area contributed by atoms with E-state index in [4.69, 9.17) is 19.1 Å². The lowest BCUT2D eigenvalue weighted by molar-refractivity contribution is -0.304. The normalized spacial score (nSPS) is 43.0. The minimum atomic E-state index is -0.793. The summed E-state index contributed by atoms with van der Waals surface area (Å²) >= 11 is 0. The molecule has 7 nitrogen and oxygen atoms in total. The van der Waals surface area contributed by atoms with Crippen LogP contribution in [0, 0.1) is 11.8 Å². The standard InChI is InChI=1S/C22H32O7/c1-13-8-6-9-21(4,29-25)10-7-11-22(5)17(28-22)12-16-14(2)20(24)27-19(16)18(13)26-15(3)23/h7,10,13,16-19,25H,2,6,8-9,11-12H2,1,3-5H3. The molecular formula is C22H32O7. The molecule has 7 unspecified atom stereocenters. The minimum Gasteiger partial charge on any atom is -0.458 e. The summed E-state index contributed by atoms with van der Waals surface area (Å²) in [6, 6.07) is 0. The van der Waals surface area contributed by atoms with Gasteiger partial charge in [0.05, 0.1) is 11.7 Å². The molecule has 0 radical (unpaired) electrons. The predicted octanol–water partition coefficient (Wildman–Crippen LogP) is 3.58. The second kappa shape index (κ2) is 8.20. The Morgan fingerprint density at radius 2 is 2.10 bits per heavy atom. The van der Waals surface area contributed by atoms with Crippen LogP contribution in [-0.4, -0.2) is 46.7 Å². The van der Waals surface area contributed by atoms with Crippen molar-refractivity contribution in [1.29, 1.82) is 0 Å². The summed E-state index contributed by atoms with van der Waals surface area (Å²) < 4.78 is 17.2. The second-order valence-electron chi connectivity index (χ2n) is 9.11. The first-order valence-electron chi connectivity index (χ1n) is 10.3. The van der Waals surface area contributed by atoms with Gasteiger partial charge in [-0.05, 0) is 51.9 Å². The van der Waals surface area contributed by atoms with Gasteiger partial charge in [0.1, 0.15) is 17.8 Å². The Bertz CT molecular complexity index is 701. The smallest absolute Gasteiger partial charge is 0.334 e. The topological polar surface area (TPSA) is 94.6 Å². The number of carbonyl (C=O) groups is 2. The summed E-state index contributed by atoms with van der Waals surface area (Å²) in [5, 5.41) is 9.40. The molecule has 0 amide bonds. The van der Waals surface area contributed by atoms with E-state index in [1.54, 1.807) is 0 Å².